The van der Waals surface area contributed by atoms with Gasteiger partial charge in [0.2, 0.25) is 15.9 Å². The Labute approximate surface area is 191 Å². The van der Waals surface area contributed by atoms with Crippen molar-refractivity contribution in [3.63, 3.8) is 0 Å². The summed E-state index contributed by atoms with van der Waals surface area (Å²) in [6, 6.07) is 16.7. The largest absolute Gasteiger partial charge is 0.380 e. The molecule has 2 aromatic carbocycles. The molecule has 1 N–H and O–H groups in total. The normalized spacial score (nSPS) is 23.6. The van der Waals surface area contributed by atoms with Crippen LogP contribution in [0.15, 0.2) is 48.5 Å². The molecule has 0 radical (unpaired) electrons. The smallest absolute Gasteiger partial charge is 0.226 e. The quantitative estimate of drug-likeness (QED) is 0.692. The van der Waals surface area contributed by atoms with Gasteiger partial charge in [-0.25, -0.2) is 13.1 Å². The summed E-state index contributed by atoms with van der Waals surface area (Å²) in [6.07, 6.45) is 4.32. The van der Waals surface area contributed by atoms with Gasteiger partial charge in [0.25, 0.3) is 0 Å². The van der Waals surface area contributed by atoms with Crippen molar-refractivity contribution >= 4 is 15.9 Å². The molecule has 2 aliphatic rings. The van der Waals surface area contributed by atoms with E-state index in [2.05, 4.69) is 41.1 Å². The number of benzene rings is 2. The van der Waals surface area contributed by atoms with Gasteiger partial charge in [-0.2, -0.15) is 0 Å². The van der Waals surface area contributed by atoms with Gasteiger partial charge in [0.15, 0.2) is 0 Å². The Balaban J connectivity index is 1.43. The topological polar surface area (TPSA) is 75.7 Å². The van der Waals surface area contributed by atoms with Crippen molar-refractivity contribution in [2.75, 3.05) is 26.5 Å². The van der Waals surface area contributed by atoms with Crippen LogP contribution in [0.5, 0.6) is 0 Å². The lowest BCUT2D eigenvalue weighted by atomic mass is 9.95. The van der Waals surface area contributed by atoms with Crippen LogP contribution in [0.2, 0.25) is 0 Å². The first-order valence-electron chi connectivity index (χ1n) is 11.3. The number of nitrogens with zero attached hydrogens (tertiary/aromatic N) is 1. The fourth-order valence-electron chi connectivity index (χ4n) is 4.81. The number of hydrogen-bond acceptors (Lipinski definition) is 4. The van der Waals surface area contributed by atoms with E-state index >= 15 is 0 Å². The fraction of sp³-hybridized carbons (Fsp3) is 0.480. The molecule has 6 nitrogen and oxygen atoms in total. The van der Waals surface area contributed by atoms with Gasteiger partial charge < -0.3 is 9.64 Å². The fourth-order valence-corrected chi connectivity index (χ4v) is 5.66. The number of nitrogens with one attached hydrogen (secondary N) is 1. The van der Waals surface area contributed by atoms with Crippen LogP contribution in [-0.2, 0) is 26.2 Å². The molecular formula is C25H32N2O4S. The molecule has 0 spiro atoms. The lowest BCUT2D eigenvalue weighted by molar-refractivity contribution is -0.132. The number of rotatable bonds is 7. The van der Waals surface area contributed by atoms with Crippen LogP contribution in [-0.4, -0.2) is 51.7 Å². The molecule has 2 fully saturated rings. The highest BCUT2D eigenvalue weighted by Crippen LogP contribution is 2.51. The zero-order valence-electron chi connectivity index (χ0n) is 18.8. The summed E-state index contributed by atoms with van der Waals surface area (Å²) in [6.45, 7) is 1.90. The highest BCUT2D eigenvalue weighted by atomic mass is 32.2. The molecule has 1 heterocycles. The summed E-state index contributed by atoms with van der Waals surface area (Å²) in [5.74, 6) is 0.467. The number of sulfonamides is 1. The van der Waals surface area contributed by atoms with E-state index in [0.717, 1.165) is 30.4 Å². The molecule has 32 heavy (non-hydrogen) atoms. The van der Waals surface area contributed by atoms with E-state index in [-0.39, 0.29) is 23.8 Å². The highest BCUT2D eigenvalue weighted by Gasteiger charge is 2.46. The molecule has 0 unspecified atom stereocenters. The maximum absolute atomic E-state index is 13.2. The van der Waals surface area contributed by atoms with Crippen molar-refractivity contribution in [1.29, 1.82) is 0 Å². The monoisotopic (exact) mass is 456 g/mol. The third-order valence-electron chi connectivity index (χ3n) is 6.46. The van der Waals surface area contributed by atoms with Crippen molar-refractivity contribution in [2.45, 2.75) is 44.2 Å². The number of amides is 1. The second-order valence-electron chi connectivity index (χ2n) is 9.01. The Morgan fingerprint density at radius 2 is 1.84 bits per heavy atom. The highest BCUT2D eigenvalue weighted by molar-refractivity contribution is 7.88. The minimum Gasteiger partial charge on any atom is -0.380 e. The van der Waals surface area contributed by atoms with Gasteiger partial charge in [0.1, 0.15) is 0 Å². The third kappa shape index (κ3) is 5.57. The summed E-state index contributed by atoms with van der Waals surface area (Å²) >= 11 is 0. The molecular weight excluding hydrogens is 424 g/mol. The Morgan fingerprint density at radius 1 is 1.09 bits per heavy atom. The molecule has 1 saturated carbocycles. The second kappa shape index (κ2) is 9.73. The van der Waals surface area contributed by atoms with Gasteiger partial charge in [-0.1, -0.05) is 48.5 Å². The van der Waals surface area contributed by atoms with E-state index in [4.69, 9.17) is 4.74 Å². The first-order chi connectivity index (χ1) is 15.4. The minimum absolute atomic E-state index is 0.0170. The number of carbonyl (C=O) groups excluding carboxylic acids is 1. The molecule has 0 bridgehead atoms. The van der Waals surface area contributed by atoms with Crippen molar-refractivity contribution in [3.05, 3.63) is 59.7 Å². The van der Waals surface area contributed by atoms with E-state index in [0.29, 0.717) is 26.1 Å². The van der Waals surface area contributed by atoms with E-state index in [9.17, 15) is 13.2 Å². The van der Waals surface area contributed by atoms with Gasteiger partial charge in [0, 0.05) is 32.2 Å². The number of hydrogen-bond donors (Lipinski definition) is 1. The minimum atomic E-state index is -3.22. The average molecular weight is 457 g/mol. The van der Waals surface area contributed by atoms with E-state index in [1.165, 1.54) is 17.4 Å². The van der Waals surface area contributed by atoms with Crippen LogP contribution in [0.4, 0.5) is 0 Å². The van der Waals surface area contributed by atoms with Gasteiger partial charge in [-0.15, -0.1) is 0 Å². The Bertz CT molecular complexity index is 1050. The van der Waals surface area contributed by atoms with Gasteiger partial charge in [0.05, 0.1) is 12.9 Å². The van der Waals surface area contributed by atoms with Crippen molar-refractivity contribution in [1.82, 2.24) is 9.62 Å². The van der Waals surface area contributed by atoms with Gasteiger partial charge in [-0.3, -0.25) is 4.79 Å². The van der Waals surface area contributed by atoms with Crippen molar-refractivity contribution in [3.8, 4) is 11.1 Å². The molecule has 1 aliphatic heterocycles. The number of likely N-dealkylation sites (tertiary alicyclic amines) is 1. The Kier molecular flexibility index (Phi) is 6.98. The third-order valence-corrected chi connectivity index (χ3v) is 7.23. The van der Waals surface area contributed by atoms with Gasteiger partial charge >= 0.3 is 0 Å². The van der Waals surface area contributed by atoms with Crippen LogP contribution < -0.4 is 4.72 Å². The number of ether oxygens (including phenoxy) is 1. The zero-order chi connectivity index (χ0) is 22.7. The molecule has 2 aromatic rings. The average Bonchev–Trinajstić information content (AvgIpc) is 3.58. The molecule has 0 aromatic heterocycles. The maximum atomic E-state index is 13.2. The molecule has 172 valence electrons. The predicted molar refractivity (Wildman–Crippen MR) is 126 cm³/mol. The molecule has 7 heteroatoms. The number of carbonyl (C=O) groups is 1. The Morgan fingerprint density at radius 3 is 2.56 bits per heavy atom. The first-order valence-corrected chi connectivity index (χ1v) is 13.2. The van der Waals surface area contributed by atoms with E-state index in [1.807, 2.05) is 17.0 Å². The van der Waals surface area contributed by atoms with Crippen LogP contribution in [0.3, 0.4) is 0 Å². The lowest BCUT2D eigenvalue weighted by Crippen LogP contribution is -2.36. The molecule has 1 amide bonds. The maximum Gasteiger partial charge on any atom is 0.226 e. The van der Waals surface area contributed by atoms with E-state index < -0.39 is 10.0 Å². The molecule has 1 saturated heterocycles. The first kappa shape index (κ1) is 23.0. The zero-order valence-corrected chi connectivity index (χ0v) is 19.6. The van der Waals surface area contributed by atoms with Crippen LogP contribution in [0.25, 0.3) is 11.1 Å². The standard InChI is InChI=1S/C25H32N2O4S/c1-31-17-18-9-11-19(12-10-18)21-7-3-4-8-22(21)23-16-24(23)25(28)27-14-5-6-20(13-15-27)26-32(2,29)30/h3-4,7-12,20,23-24,26H,5-6,13-17H2,1-2H3/t20-,23-,24+/m0/s1. The van der Waals surface area contributed by atoms with Crippen LogP contribution in [0, 0.1) is 5.92 Å². The van der Waals surface area contributed by atoms with E-state index in [1.54, 1.807) is 7.11 Å². The summed E-state index contributed by atoms with van der Waals surface area (Å²) in [4.78, 5) is 15.2. The van der Waals surface area contributed by atoms with Gasteiger partial charge in [-0.05, 0) is 53.9 Å². The SMILES string of the molecule is COCc1ccc(-c2ccccc2[C@@H]2C[C@H]2C(=O)N2CCC[C@H](NS(C)(=O)=O)CC2)cc1. The predicted octanol–water partition coefficient (Wildman–Crippen LogP) is 3.53. The van der Waals surface area contributed by atoms with Crippen LogP contribution in [0.1, 0.15) is 42.7 Å². The Hall–Kier alpha value is -2.22. The summed E-state index contributed by atoms with van der Waals surface area (Å²) < 4.78 is 31.0. The molecule has 3 atom stereocenters. The van der Waals surface area contributed by atoms with Crippen molar-refractivity contribution < 1.29 is 17.9 Å². The number of methoxy groups -OCH3 is 1. The summed E-state index contributed by atoms with van der Waals surface area (Å²) in [5, 5.41) is 0. The second-order valence-corrected chi connectivity index (χ2v) is 10.8. The lowest BCUT2D eigenvalue weighted by Gasteiger charge is -2.21. The molecule has 1 aliphatic carbocycles. The summed E-state index contributed by atoms with van der Waals surface area (Å²) in [5.41, 5.74) is 4.71. The van der Waals surface area contributed by atoms with Crippen LogP contribution >= 0.6 is 0 Å². The summed E-state index contributed by atoms with van der Waals surface area (Å²) in [7, 11) is -1.53. The molecule has 4 rings (SSSR count). The van der Waals surface area contributed by atoms with Crippen molar-refractivity contribution in [2.24, 2.45) is 5.92 Å².